The molecule has 4 rings (SSSR count). The standard InChI is InChI=1S/C19H16ClFN2OS2/c20-15-3-1-4-16(21)14(15)10-23(13-6-7-13)18(24)9-12-11-26-19(22-12)17-5-2-8-25-17/h1-5,8,11,13H,6-7,9-10H2. The lowest BCUT2D eigenvalue weighted by Crippen LogP contribution is -2.34. The Morgan fingerprint density at radius 3 is 2.81 bits per heavy atom. The molecule has 0 unspecified atom stereocenters. The van der Waals surface area contributed by atoms with Gasteiger partial charge in [-0.2, -0.15) is 0 Å². The van der Waals surface area contributed by atoms with E-state index < -0.39 is 0 Å². The van der Waals surface area contributed by atoms with Crippen molar-refractivity contribution in [2.75, 3.05) is 0 Å². The van der Waals surface area contributed by atoms with E-state index in [2.05, 4.69) is 4.98 Å². The molecule has 26 heavy (non-hydrogen) atoms. The van der Waals surface area contributed by atoms with E-state index in [0.29, 0.717) is 10.6 Å². The molecule has 134 valence electrons. The maximum atomic E-state index is 14.1. The molecule has 7 heteroatoms. The van der Waals surface area contributed by atoms with E-state index in [1.807, 2.05) is 22.9 Å². The van der Waals surface area contributed by atoms with Gasteiger partial charge in [-0.1, -0.05) is 23.7 Å². The van der Waals surface area contributed by atoms with Crippen LogP contribution in [-0.2, 0) is 17.8 Å². The van der Waals surface area contributed by atoms with Crippen molar-refractivity contribution in [3.05, 3.63) is 63.2 Å². The second kappa shape index (κ2) is 7.47. The number of hydrogen-bond donors (Lipinski definition) is 0. The van der Waals surface area contributed by atoms with E-state index in [4.69, 9.17) is 11.6 Å². The fourth-order valence-electron chi connectivity index (χ4n) is 2.82. The number of benzene rings is 1. The number of thiazole rings is 1. The highest BCUT2D eigenvalue weighted by molar-refractivity contribution is 7.20. The van der Waals surface area contributed by atoms with Gasteiger partial charge in [0, 0.05) is 22.0 Å². The Kier molecular flexibility index (Phi) is 5.07. The van der Waals surface area contributed by atoms with Crippen LogP contribution in [0.25, 0.3) is 9.88 Å². The minimum Gasteiger partial charge on any atom is -0.335 e. The second-order valence-corrected chi connectivity index (χ2v) is 8.46. The first kappa shape index (κ1) is 17.6. The molecule has 0 N–H and O–H groups in total. The Labute approximate surface area is 164 Å². The fourth-order valence-corrected chi connectivity index (χ4v) is 4.68. The zero-order chi connectivity index (χ0) is 18.1. The predicted octanol–water partition coefficient (Wildman–Crippen LogP) is 5.40. The maximum Gasteiger partial charge on any atom is 0.229 e. The second-order valence-electron chi connectivity index (χ2n) is 6.25. The molecule has 1 aliphatic carbocycles. The molecule has 0 atom stereocenters. The smallest absolute Gasteiger partial charge is 0.229 e. The highest BCUT2D eigenvalue weighted by Crippen LogP contribution is 2.32. The van der Waals surface area contributed by atoms with Gasteiger partial charge in [0.05, 0.1) is 23.5 Å². The van der Waals surface area contributed by atoms with Crippen LogP contribution in [0.1, 0.15) is 24.1 Å². The van der Waals surface area contributed by atoms with E-state index >= 15 is 0 Å². The minimum atomic E-state index is -0.371. The van der Waals surface area contributed by atoms with Gasteiger partial charge in [-0.15, -0.1) is 22.7 Å². The van der Waals surface area contributed by atoms with Crippen molar-refractivity contribution >= 4 is 40.2 Å². The number of amides is 1. The van der Waals surface area contributed by atoms with Crippen LogP contribution >= 0.6 is 34.3 Å². The van der Waals surface area contributed by atoms with Crippen LogP contribution in [0.5, 0.6) is 0 Å². The molecule has 1 amide bonds. The molecule has 0 saturated heterocycles. The van der Waals surface area contributed by atoms with Crippen molar-refractivity contribution in [1.29, 1.82) is 0 Å². The lowest BCUT2D eigenvalue weighted by atomic mass is 10.1. The molecule has 0 spiro atoms. The molecule has 2 aromatic heterocycles. The quantitative estimate of drug-likeness (QED) is 0.549. The average Bonchev–Trinajstić information content (AvgIpc) is 3.10. The summed E-state index contributed by atoms with van der Waals surface area (Å²) in [5.41, 5.74) is 1.14. The fraction of sp³-hybridized carbons (Fsp3) is 0.263. The largest absolute Gasteiger partial charge is 0.335 e. The van der Waals surface area contributed by atoms with Crippen molar-refractivity contribution < 1.29 is 9.18 Å². The van der Waals surface area contributed by atoms with E-state index in [1.54, 1.807) is 39.7 Å². The van der Waals surface area contributed by atoms with E-state index in [-0.39, 0.29) is 30.7 Å². The van der Waals surface area contributed by atoms with Crippen LogP contribution in [0, 0.1) is 5.82 Å². The molecule has 3 aromatic rings. The number of hydrogen-bond acceptors (Lipinski definition) is 4. The topological polar surface area (TPSA) is 33.2 Å². The van der Waals surface area contributed by atoms with Gasteiger partial charge in [-0.3, -0.25) is 4.79 Å². The molecule has 1 fully saturated rings. The van der Waals surface area contributed by atoms with Gasteiger partial charge in [0.2, 0.25) is 5.91 Å². The monoisotopic (exact) mass is 406 g/mol. The first-order valence-corrected chi connectivity index (χ1v) is 10.5. The lowest BCUT2D eigenvalue weighted by molar-refractivity contribution is -0.131. The number of rotatable bonds is 6. The number of halogens is 2. The number of aromatic nitrogens is 1. The van der Waals surface area contributed by atoms with E-state index in [0.717, 1.165) is 28.4 Å². The molecule has 2 heterocycles. The summed E-state index contributed by atoms with van der Waals surface area (Å²) >= 11 is 9.31. The highest BCUT2D eigenvalue weighted by Gasteiger charge is 2.33. The number of carbonyl (C=O) groups excluding carboxylic acids is 1. The number of nitrogens with zero attached hydrogens (tertiary/aromatic N) is 2. The third-order valence-corrected chi connectivity index (χ3v) is 6.60. The Balaban J connectivity index is 1.50. The van der Waals surface area contributed by atoms with Gasteiger partial charge in [0.15, 0.2) is 0 Å². The van der Waals surface area contributed by atoms with Gasteiger partial charge in [0.25, 0.3) is 0 Å². The molecular weight excluding hydrogens is 391 g/mol. The van der Waals surface area contributed by atoms with Crippen LogP contribution in [0.2, 0.25) is 5.02 Å². The SMILES string of the molecule is O=C(Cc1csc(-c2cccs2)n1)N(Cc1c(F)cccc1Cl)C1CC1. The zero-order valence-corrected chi connectivity index (χ0v) is 16.2. The van der Waals surface area contributed by atoms with Gasteiger partial charge in [-0.25, -0.2) is 9.37 Å². The normalized spacial score (nSPS) is 13.8. The summed E-state index contributed by atoms with van der Waals surface area (Å²) in [7, 11) is 0. The van der Waals surface area contributed by atoms with E-state index in [9.17, 15) is 9.18 Å². The molecule has 1 aliphatic rings. The summed E-state index contributed by atoms with van der Waals surface area (Å²) in [5, 5.41) is 5.22. The molecule has 1 aromatic carbocycles. The van der Waals surface area contributed by atoms with Crippen LogP contribution in [0.15, 0.2) is 41.1 Å². The summed E-state index contributed by atoms with van der Waals surface area (Å²) in [6.07, 6.45) is 2.13. The average molecular weight is 407 g/mol. The van der Waals surface area contributed by atoms with Crippen molar-refractivity contribution in [3.63, 3.8) is 0 Å². The van der Waals surface area contributed by atoms with Crippen LogP contribution in [0.3, 0.4) is 0 Å². The number of thiophene rings is 1. The molecule has 0 aliphatic heterocycles. The van der Waals surface area contributed by atoms with E-state index in [1.165, 1.54) is 6.07 Å². The Morgan fingerprint density at radius 2 is 2.12 bits per heavy atom. The summed E-state index contributed by atoms with van der Waals surface area (Å²) in [6.45, 7) is 0.205. The number of carbonyl (C=O) groups is 1. The van der Waals surface area contributed by atoms with Gasteiger partial charge in [0.1, 0.15) is 10.8 Å². The lowest BCUT2D eigenvalue weighted by Gasteiger charge is -2.23. The molecule has 0 bridgehead atoms. The first-order valence-electron chi connectivity index (χ1n) is 8.32. The Morgan fingerprint density at radius 1 is 1.27 bits per heavy atom. The van der Waals surface area contributed by atoms with Gasteiger partial charge in [-0.05, 0) is 36.4 Å². The van der Waals surface area contributed by atoms with Crippen LogP contribution < -0.4 is 0 Å². The molecule has 1 saturated carbocycles. The van der Waals surface area contributed by atoms with Crippen molar-refractivity contribution in [1.82, 2.24) is 9.88 Å². The summed E-state index contributed by atoms with van der Waals surface area (Å²) < 4.78 is 14.1. The molecule has 0 radical (unpaired) electrons. The van der Waals surface area contributed by atoms with Gasteiger partial charge >= 0.3 is 0 Å². The van der Waals surface area contributed by atoms with Crippen molar-refractivity contribution in [2.45, 2.75) is 31.8 Å². The third kappa shape index (κ3) is 3.82. The van der Waals surface area contributed by atoms with Crippen LogP contribution in [-0.4, -0.2) is 21.8 Å². The predicted molar refractivity (Wildman–Crippen MR) is 104 cm³/mol. The molecule has 3 nitrogen and oxygen atoms in total. The van der Waals surface area contributed by atoms with Crippen molar-refractivity contribution in [2.24, 2.45) is 0 Å². The highest BCUT2D eigenvalue weighted by atomic mass is 35.5. The third-order valence-electron chi connectivity index (χ3n) is 4.31. The summed E-state index contributed by atoms with van der Waals surface area (Å²) in [5.74, 6) is -0.403. The minimum absolute atomic E-state index is 0.0325. The zero-order valence-electron chi connectivity index (χ0n) is 13.8. The Hall–Kier alpha value is -1.76. The summed E-state index contributed by atoms with van der Waals surface area (Å²) in [6, 6.07) is 8.79. The Bertz CT molecular complexity index is 901. The van der Waals surface area contributed by atoms with Crippen molar-refractivity contribution in [3.8, 4) is 9.88 Å². The first-order chi connectivity index (χ1) is 12.6. The maximum absolute atomic E-state index is 14.1. The molecular formula is C19H16ClFN2OS2. The summed E-state index contributed by atoms with van der Waals surface area (Å²) in [4.78, 5) is 20.3. The van der Waals surface area contributed by atoms with Crippen LogP contribution in [0.4, 0.5) is 4.39 Å². The van der Waals surface area contributed by atoms with Gasteiger partial charge < -0.3 is 4.90 Å².